The molecule has 108 valence electrons. The van der Waals surface area contributed by atoms with Crippen molar-refractivity contribution in [2.24, 2.45) is 0 Å². The minimum atomic E-state index is -0.116. The predicted octanol–water partition coefficient (Wildman–Crippen LogP) is 3.95. The highest BCUT2D eigenvalue weighted by atomic mass is 19.1. The summed E-state index contributed by atoms with van der Waals surface area (Å²) in [5, 5.41) is 3.35. The molecule has 3 heteroatoms. The molecule has 1 aromatic carbocycles. The maximum absolute atomic E-state index is 14.0. The maximum atomic E-state index is 14.0. The van der Waals surface area contributed by atoms with Crippen molar-refractivity contribution in [3.8, 4) is 0 Å². The molecule has 1 N–H and O–H groups in total. The summed E-state index contributed by atoms with van der Waals surface area (Å²) in [6.45, 7) is 6.93. The number of nitrogens with zero attached hydrogens (tertiary/aromatic N) is 1. The molecule has 0 heterocycles. The number of anilines is 1. The van der Waals surface area contributed by atoms with Gasteiger partial charge < -0.3 is 10.2 Å². The van der Waals surface area contributed by atoms with E-state index >= 15 is 0 Å². The summed E-state index contributed by atoms with van der Waals surface area (Å²) >= 11 is 0. The van der Waals surface area contributed by atoms with E-state index in [2.05, 4.69) is 19.2 Å². The lowest BCUT2D eigenvalue weighted by molar-refractivity contribution is 0.608. The second-order valence-electron chi connectivity index (χ2n) is 5.05. The van der Waals surface area contributed by atoms with Crippen molar-refractivity contribution >= 4 is 5.69 Å². The lowest BCUT2D eigenvalue weighted by atomic mass is 10.1. The molecule has 0 saturated carbocycles. The highest BCUT2D eigenvalue weighted by molar-refractivity contribution is 5.54. The molecule has 1 aromatic rings. The third kappa shape index (κ3) is 5.19. The zero-order valence-corrected chi connectivity index (χ0v) is 12.5. The van der Waals surface area contributed by atoms with Crippen LogP contribution < -0.4 is 10.2 Å². The van der Waals surface area contributed by atoms with Gasteiger partial charge in [0.05, 0.1) is 5.69 Å². The minimum Gasteiger partial charge on any atom is -0.372 e. The number of hydrogen-bond donors (Lipinski definition) is 1. The van der Waals surface area contributed by atoms with Gasteiger partial charge in [0.25, 0.3) is 0 Å². The van der Waals surface area contributed by atoms with Gasteiger partial charge in [-0.05, 0) is 31.0 Å². The van der Waals surface area contributed by atoms with Crippen LogP contribution in [0.1, 0.15) is 45.1 Å². The summed E-state index contributed by atoms with van der Waals surface area (Å²) in [5.74, 6) is -0.116. The smallest absolute Gasteiger partial charge is 0.146 e. The Kier molecular flexibility index (Phi) is 7.49. The first-order valence-electron chi connectivity index (χ1n) is 7.39. The largest absolute Gasteiger partial charge is 0.372 e. The Hall–Kier alpha value is -1.09. The molecule has 2 nitrogen and oxygen atoms in total. The lowest BCUT2D eigenvalue weighted by Crippen LogP contribution is -2.23. The van der Waals surface area contributed by atoms with E-state index in [-0.39, 0.29) is 5.82 Å². The van der Waals surface area contributed by atoms with Crippen molar-refractivity contribution in [2.45, 2.75) is 46.1 Å². The second-order valence-corrected chi connectivity index (χ2v) is 5.05. The summed E-state index contributed by atoms with van der Waals surface area (Å²) in [4.78, 5) is 2.05. The summed E-state index contributed by atoms with van der Waals surface area (Å²) in [6.07, 6.45) is 4.60. The maximum Gasteiger partial charge on any atom is 0.146 e. The molecule has 1 rings (SSSR count). The van der Waals surface area contributed by atoms with E-state index in [1.807, 2.05) is 18.0 Å². The zero-order valence-electron chi connectivity index (χ0n) is 12.5. The highest BCUT2D eigenvalue weighted by Crippen LogP contribution is 2.24. The first-order valence-corrected chi connectivity index (χ1v) is 7.39. The van der Waals surface area contributed by atoms with Gasteiger partial charge in [-0.25, -0.2) is 4.39 Å². The highest BCUT2D eigenvalue weighted by Gasteiger charge is 2.12. The van der Waals surface area contributed by atoms with Crippen LogP contribution in [0.15, 0.2) is 18.2 Å². The average molecular weight is 266 g/mol. The predicted molar refractivity (Wildman–Crippen MR) is 81.2 cm³/mol. The Bertz CT molecular complexity index is 366. The molecule has 0 fully saturated rings. The van der Waals surface area contributed by atoms with Gasteiger partial charge in [-0.1, -0.05) is 38.8 Å². The summed E-state index contributed by atoms with van der Waals surface area (Å²) in [5.41, 5.74) is 1.80. The number of rotatable bonds is 9. The standard InChI is InChI=1S/C16H27FN2/c1-4-6-7-12-19(3)16-14(13-18-11-5-2)9-8-10-15(16)17/h8-10,18H,4-7,11-13H2,1-3H3. The van der Waals surface area contributed by atoms with Gasteiger partial charge >= 0.3 is 0 Å². The Labute approximate surface area is 117 Å². The van der Waals surface area contributed by atoms with Gasteiger partial charge in [0, 0.05) is 20.1 Å². The molecule has 0 aromatic heterocycles. The number of hydrogen-bond acceptors (Lipinski definition) is 2. The normalized spacial score (nSPS) is 10.7. The van der Waals surface area contributed by atoms with Crippen molar-refractivity contribution in [2.75, 3.05) is 25.0 Å². The molecule has 19 heavy (non-hydrogen) atoms. The first-order chi connectivity index (χ1) is 9.20. The molecule has 0 bridgehead atoms. The van der Waals surface area contributed by atoms with Crippen molar-refractivity contribution < 1.29 is 4.39 Å². The average Bonchev–Trinajstić information content (AvgIpc) is 2.39. The van der Waals surface area contributed by atoms with Crippen LogP contribution in [0.4, 0.5) is 10.1 Å². The third-order valence-electron chi connectivity index (χ3n) is 3.29. The number of nitrogens with one attached hydrogen (secondary N) is 1. The van der Waals surface area contributed by atoms with Crippen molar-refractivity contribution in [1.29, 1.82) is 0 Å². The van der Waals surface area contributed by atoms with Gasteiger partial charge in [0.1, 0.15) is 5.82 Å². The molecule has 0 aliphatic rings. The molecule has 0 aliphatic heterocycles. The molecule has 0 unspecified atom stereocenters. The third-order valence-corrected chi connectivity index (χ3v) is 3.29. The molecule has 0 amide bonds. The Morgan fingerprint density at radius 1 is 1.16 bits per heavy atom. The Morgan fingerprint density at radius 3 is 2.63 bits per heavy atom. The Morgan fingerprint density at radius 2 is 1.95 bits per heavy atom. The topological polar surface area (TPSA) is 15.3 Å². The van der Waals surface area contributed by atoms with Crippen LogP contribution in [0.25, 0.3) is 0 Å². The van der Waals surface area contributed by atoms with E-state index < -0.39 is 0 Å². The quantitative estimate of drug-likeness (QED) is 0.681. The van der Waals surface area contributed by atoms with Crippen LogP contribution >= 0.6 is 0 Å². The molecule has 0 saturated heterocycles. The molecule has 0 radical (unpaired) electrons. The van der Waals surface area contributed by atoms with Gasteiger partial charge in [0.15, 0.2) is 0 Å². The van der Waals surface area contributed by atoms with Gasteiger partial charge in [0.2, 0.25) is 0 Å². The Balaban J connectivity index is 2.72. The summed E-state index contributed by atoms with van der Waals surface area (Å²) in [7, 11) is 1.98. The zero-order chi connectivity index (χ0) is 14.1. The molecule has 0 aliphatic carbocycles. The van der Waals surface area contributed by atoms with Crippen LogP contribution in [-0.2, 0) is 6.54 Å². The van der Waals surface area contributed by atoms with Crippen molar-refractivity contribution in [3.05, 3.63) is 29.6 Å². The van der Waals surface area contributed by atoms with Gasteiger partial charge in [-0.2, -0.15) is 0 Å². The second kappa shape index (κ2) is 8.92. The van der Waals surface area contributed by atoms with Crippen molar-refractivity contribution in [3.63, 3.8) is 0 Å². The molecule has 0 spiro atoms. The van der Waals surface area contributed by atoms with E-state index in [0.717, 1.165) is 43.7 Å². The summed E-state index contributed by atoms with van der Waals surface area (Å²) < 4.78 is 14.0. The first kappa shape index (κ1) is 16.0. The minimum absolute atomic E-state index is 0.116. The van der Waals surface area contributed by atoms with E-state index in [0.29, 0.717) is 0 Å². The van der Waals surface area contributed by atoms with Crippen molar-refractivity contribution in [1.82, 2.24) is 5.32 Å². The van der Waals surface area contributed by atoms with Crippen LogP contribution in [0, 0.1) is 5.82 Å². The fourth-order valence-electron chi connectivity index (χ4n) is 2.24. The number of halogens is 1. The van der Waals surface area contributed by atoms with Crippen LogP contribution in [0.2, 0.25) is 0 Å². The number of para-hydroxylation sites is 1. The van der Waals surface area contributed by atoms with Crippen LogP contribution in [-0.4, -0.2) is 20.1 Å². The van der Waals surface area contributed by atoms with E-state index in [1.54, 1.807) is 12.1 Å². The molecule has 0 atom stereocenters. The fourth-order valence-corrected chi connectivity index (χ4v) is 2.24. The van der Waals surface area contributed by atoms with Gasteiger partial charge in [-0.15, -0.1) is 0 Å². The van der Waals surface area contributed by atoms with Crippen LogP contribution in [0.5, 0.6) is 0 Å². The number of unbranched alkanes of at least 4 members (excludes halogenated alkanes) is 2. The van der Waals surface area contributed by atoms with Crippen LogP contribution in [0.3, 0.4) is 0 Å². The van der Waals surface area contributed by atoms with Gasteiger partial charge in [-0.3, -0.25) is 0 Å². The lowest BCUT2D eigenvalue weighted by Gasteiger charge is -2.23. The molecular formula is C16H27FN2. The number of benzene rings is 1. The van der Waals surface area contributed by atoms with E-state index in [1.165, 1.54) is 12.8 Å². The monoisotopic (exact) mass is 266 g/mol. The van der Waals surface area contributed by atoms with E-state index in [4.69, 9.17) is 0 Å². The van der Waals surface area contributed by atoms with E-state index in [9.17, 15) is 4.39 Å². The summed E-state index contributed by atoms with van der Waals surface area (Å²) in [6, 6.07) is 5.36. The fraction of sp³-hybridized carbons (Fsp3) is 0.625. The SMILES string of the molecule is CCCCCN(C)c1c(F)cccc1CNCCC. The molecular weight excluding hydrogens is 239 g/mol.